The molecular formula is C6H13AuO6S. The molecule has 0 aromatic rings. The van der Waals surface area contributed by atoms with Crippen LogP contribution in [-0.2, 0) is 39.7 Å². The maximum atomic E-state index is 9.18. The van der Waals surface area contributed by atoms with E-state index in [1.165, 1.54) is 0 Å². The third-order valence-electron chi connectivity index (χ3n) is 1.85. The van der Waals surface area contributed by atoms with Crippen molar-refractivity contribution in [1.29, 1.82) is 0 Å². The fourth-order valence-corrected chi connectivity index (χ4v) is 1.37. The zero-order valence-electron chi connectivity index (χ0n) is 7.00. The van der Waals surface area contributed by atoms with Gasteiger partial charge in [0.25, 0.3) is 0 Å². The normalized spacial score (nSPS) is 42.2. The summed E-state index contributed by atoms with van der Waals surface area (Å²) in [5.41, 5.74) is -0.986. The van der Waals surface area contributed by atoms with E-state index in [2.05, 4.69) is 12.6 Å². The standard InChI is InChI=1S/C6H12O5S.Au.H2O/c7-1-2-3(8)4(9)5(10)6(12)11-2;;/h2-10,12H,1H2;;1H2/q;+1;/p-1/t2-,3-,4+,5-,6-;;/m1../s1. The van der Waals surface area contributed by atoms with E-state index >= 15 is 0 Å². The van der Waals surface area contributed by atoms with Gasteiger partial charge in [-0.25, -0.2) is 0 Å². The van der Waals surface area contributed by atoms with Crippen LogP contribution in [0.15, 0.2) is 0 Å². The summed E-state index contributed by atoms with van der Waals surface area (Å²) in [6.07, 6.45) is -4.83. The van der Waals surface area contributed by atoms with Gasteiger partial charge in [0, 0.05) is 0 Å². The molecule has 5 atom stereocenters. The molecule has 0 unspecified atom stereocenters. The Morgan fingerprint density at radius 1 is 1.07 bits per heavy atom. The summed E-state index contributed by atoms with van der Waals surface area (Å²) in [7, 11) is 0. The Balaban J connectivity index is 0. The van der Waals surface area contributed by atoms with Gasteiger partial charge in [-0.3, -0.25) is 0 Å². The molecule has 1 fully saturated rings. The van der Waals surface area contributed by atoms with Gasteiger partial charge in [-0.15, -0.1) is 0 Å². The van der Waals surface area contributed by atoms with Gasteiger partial charge in [0.2, 0.25) is 0 Å². The SMILES string of the molecule is O.OC[C@H]1O[C@H]([S-])[C@H](O)[C@@H](O)[C@@H]1O.[Au+]. The first-order valence-corrected chi connectivity index (χ1v) is 4.01. The molecule has 1 heterocycles. The smallest absolute Gasteiger partial charge is 0.759 e. The zero-order valence-corrected chi connectivity index (χ0v) is 9.98. The van der Waals surface area contributed by atoms with Crippen molar-refractivity contribution in [2.75, 3.05) is 6.61 Å². The molecule has 8 heteroatoms. The van der Waals surface area contributed by atoms with Crippen molar-refractivity contribution in [2.24, 2.45) is 0 Å². The minimum Gasteiger partial charge on any atom is -0.759 e. The minimum atomic E-state index is -1.35. The van der Waals surface area contributed by atoms with Gasteiger partial charge in [0.05, 0.1) is 12.7 Å². The summed E-state index contributed by atoms with van der Waals surface area (Å²) in [5.74, 6) is 0. The van der Waals surface area contributed by atoms with Crippen molar-refractivity contribution in [1.82, 2.24) is 0 Å². The fraction of sp³-hybridized carbons (Fsp3) is 1.00. The van der Waals surface area contributed by atoms with Crippen molar-refractivity contribution < 1.29 is 53.0 Å². The number of aliphatic hydroxyl groups is 4. The van der Waals surface area contributed by atoms with Gasteiger partial charge < -0.3 is 43.3 Å². The van der Waals surface area contributed by atoms with Crippen molar-refractivity contribution in [3.05, 3.63) is 0 Å². The van der Waals surface area contributed by atoms with Crippen LogP contribution >= 0.6 is 0 Å². The Labute approximate surface area is 102 Å². The molecule has 0 radical (unpaired) electrons. The van der Waals surface area contributed by atoms with E-state index in [1.807, 2.05) is 0 Å². The van der Waals surface area contributed by atoms with Crippen molar-refractivity contribution in [3.63, 3.8) is 0 Å². The van der Waals surface area contributed by atoms with Crippen molar-refractivity contribution in [2.45, 2.75) is 29.9 Å². The van der Waals surface area contributed by atoms with E-state index < -0.39 is 36.5 Å². The van der Waals surface area contributed by atoms with E-state index in [1.54, 1.807) is 0 Å². The molecule has 1 rings (SSSR count). The number of rotatable bonds is 1. The summed E-state index contributed by atoms with van der Waals surface area (Å²) in [6.45, 7) is -0.432. The van der Waals surface area contributed by atoms with Crippen LogP contribution in [0.2, 0.25) is 0 Å². The fourth-order valence-electron chi connectivity index (χ4n) is 1.07. The Kier molecular flexibility index (Phi) is 8.84. The summed E-state index contributed by atoms with van der Waals surface area (Å²) < 4.78 is 4.84. The average molecular weight is 410 g/mol. The molecule has 0 amide bonds. The van der Waals surface area contributed by atoms with E-state index in [0.29, 0.717) is 0 Å². The maximum Gasteiger partial charge on any atom is 1.00 e. The molecule has 1 saturated heterocycles. The monoisotopic (exact) mass is 410 g/mol. The van der Waals surface area contributed by atoms with Gasteiger partial charge in [0.15, 0.2) is 0 Å². The molecule has 6 nitrogen and oxygen atoms in total. The van der Waals surface area contributed by atoms with Crippen LogP contribution < -0.4 is 0 Å². The second kappa shape index (κ2) is 7.18. The number of ether oxygens (including phenoxy) is 1. The molecule has 1 aliphatic rings. The molecular weight excluding hydrogens is 397 g/mol. The van der Waals surface area contributed by atoms with Crippen LogP contribution in [0.3, 0.4) is 0 Å². The van der Waals surface area contributed by atoms with Gasteiger partial charge in [0.1, 0.15) is 18.3 Å². The van der Waals surface area contributed by atoms with Crippen LogP contribution in [0.25, 0.3) is 0 Å². The predicted octanol–water partition coefficient (Wildman–Crippen LogP) is -3.49. The Hall–Kier alpha value is 0.850. The van der Waals surface area contributed by atoms with Crippen molar-refractivity contribution >= 4 is 12.6 Å². The Bertz CT molecular complexity index is 157. The van der Waals surface area contributed by atoms with E-state index in [0.717, 1.165) is 0 Å². The molecule has 90 valence electrons. The summed E-state index contributed by atoms with van der Waals surface area (Å²) in [6, 6.07) is 0. The second-order valence-corrected chi connectivity index (χ2v) is 3.16. The molecule has 0 spiro atoms. The van der Waals surface area contributed by atoms with Gasteiger partial charge >= 0.3 is 22.4 Å². The first-order valence-electron chi connectivity index (χ1n) is 3.54. The van der Waals surface area contributed by atoms with Crippen LogP contribution in [0.1, 0.15) is 0 Å². The molecule has 1 aliphatic heterocycles. The van der Waals surface area contributed by atoms with Gasteiger partial charge in [-0.05, 0) is 5.44 Å². The van der Waals surface area contributed by atoms with Crippen LogP contribution in [0.4, 0.5) is 0 Å². The van der Waals surface area contributed by atoms with Gasteiger partial charge in [-0.1, -0.05) is 0 Å². The quantitative estimate of drug-likeness (QED) is 0.263. The molecule has 6 N–H and O–H groups in total. The molecule has 0 saturated carbocycles. The molecule has 0 aliphatic carbocycles. The predicted molar refractivity (Wildman–Crippen MR) is 44.7 cm³/mol. The summed E-state index contributed by atoms with van der Waals surface area (Å²) in [4.78, 5) is 0. The summed E-state index contributed by atoms with van der Waals surface area (Å²) >= 11 is 4.63. The molecule has 0 aromatic heterocycles. The van der Waals surface area contributed by atoms with Crippen LogP contribution in [0, 0.1) is 0 Å². The Morgan fingerprint density at radius 3 is 2.00 bits per heavy atom. The molecule has 0 bridgehead atoms. The first kappa shape index (κ1) is 17.3. The second-order valence-electron chi connectivity index (χ2n) is 2.70. The number of aliphatic hydroxyl groups excluding tert-OH is 4. The van der Waals surface area contributed by atoms with E-state index in [9.17, 15) is 5.11 Å². The molecule has 0 aromatic carbocycles. The average Bonchev–Trinajstić information content (AvgIpc) is 2.08. The number of hydrogen-bond donors (Lipinski definition) is 4. The van der Waals surface area contributed by atoms with Crippen LogP contribution in [0.5, 0.6) is 0 Å². The van der Waals surface area contributed by atoms with Gasteiger partial charge in [-0.2, -0.15) is 0 Å². The van der Waals surface area contributed by atoms with E-state index in [-0.39, 0.29) is 27.9 Å². The van der Waals surface area contributed by atoms with Crippen molar-refractivity contribution in [3.8, 4) is 0 Å². The Morgan fingerprint density at radius 2 is 1.57 bits per heavy atom. The third kappa shape index (κ3) is 3.46. The topological polar surface area (TPSA) is 122 Å². The largest absolute Gasteiger partial charge is 1.00 e. The van der Waals surface area contributed by atoms with E-state index in [4.69, 9.17) is 20.1 Å². The first-order chi connectivity index (χ1) is 5.57. The third-order valence-corrected chi connectivity index (χ3v) is 2.24. The summed E-state index contributed by atoms with van der Waals surface area (Å²) in [5, 5.41) is 36.1. The minimum absolute atomic E-state index is 0. The molecule has 14 heavy (non-hydrogen) atoms. The number of hydrogen-bond acceptors (Lipinski definition) is 6. The van der Waals surface area contributed by atoms with Crippen LogP contribution in [-0.4, -0.2) is 62.4 Å². The zero-order chi connectivity index (χ0) is 9.30. The maximum absolute atomic E-state index is 9.18.